The zero-order chi connectivity index (χ0) is 16.1. The van der Waals surface area contributed by atoms with Gasteiger partial charge in [0.25, 0.3) is 5.85 Å². The van der Waals surface area contributed by atoms with E-state index in [4.69, 9.17) is 0 Å². The van der Waals surface area contributed by atoms with Crippen molar-refractivity contribution in [3.8, 4) is 0 Å². The summed E-state index contributed by atoms with van der Waals surface area (Å²) >= 11 is 0. The number of piperidine rings is 1. The van der Waals surface area contributed by atoms with Gasteiger partial charge in [0.1, 0.15) is 0 Å². The molecule has 3 unspecified atom stereocenters. The van der Waals surface area contributed by atoms with E-state index >= 15 is 0 Å². The van der Waals surface area contributed by atoms with Gasteiger partial charge in [-0.1, -0.05) is 12.2 Å². The van der Waals surface area contributed by atoms with Crippen LogP contribution in [-0.2, 0) is 4.74 Å². The summed E-state index contributed by atoms with van der Waals surface area (Å²) in [5.41, 5.74) is -0.373. The summed E-state index contributed by atoms with van der Waals surface area (Å²) in [6, 6.07) is 1.08. The van der Waals surface area contributed by atoms with Crippen molar-refractivity contribution in [1.82, 2.24) is 4.90 Å². The third kappa shape index (κ3) is 2.29. The predicted octanol–water partition coefficient (Wildman–Crippen LogP) is 2.77. The van der Waals surface area contributed by atoms with Crippen molar-refractivity contribution >= 4 is 5.97 Å². The zero-order valence-corrected chi connectivity index (χ0v) is 11.6. The lowest BCUT2D eigenvalue weighted by atomic mass is 9.95. The minimum Gasteiger partial charge on any atom is -0.421 e. The van der Waals surface area contributed by atoms with Gasteiger partial charge in [0, 0.05) is 12.5 Å². The van der Waals surface area contributed by atoms with Gasteiger partial charge in [-0.05, 0) is 25.2 Å². The fourth-order valence-electron chi connectivity index (χ4n) is 2.84. The molecule has 3 rings (SSSR count). The molecule has 2 heterocycles. The summed E-state index contributed by atoms with van der Waals surface area (Å²) in [6.45, 7) is 0. The normalized spacial score (nSPS) is 34.0. The number of rotatable bonds is 2. The van der Waals surface area contributed by atoms with Crippen LogP contribution in [0.25, 0.3) is 0 Å². The SMILES string of the molecule is CN1C2C=CC1C(F)[C@](F)(OC(=O)c1ccc(F)c(F)c1)C2. The van der Waals surface area contributed by atoms with E-state index in [0.29, 0.717) is 6.07 Å². The molecule has 0 aliphatic carbocycles. The number of carbonyl (C=O) groups is 1. The molecule has 2 bridgehead atoms. The summed E-state index contributed by atoms with van der Waals surface area (Å²) in [5, 5.41) is 0. The average Bonchev–Trinajstić information content (AvgIpc) is 2.74. The number of hydrogen-bond donors (Lipinski definition) is 0. The molecule has 1 fully saturated rings. The fourth-order valence-corrected chi connectivity index (χ4v) is 2.84. The molecule has 0 spiro atoms. The van der Waals surface area contributed by atoms with Crippen molar-refractivity contribution in [2.24, 2.45) is 0 Å². The second-order valence-electron chi connectivity index (χ2n) is 5.52. The molecule has 118 valence electrons. The lowest BCUT2D eigenvalue weighted by Crippen LogP contribution is -2.58. The first-order valence-corrected chi connectivity index (χ1v) is 6.73. The predicted molar refractivity (Wildman–Crippen MR) is 69.6 cm³/mol. The van der Waals surface area contributed by atoms with Crippen LogP contribution >= 0.6 is 0 Å². The first-order valence-electron chi connectivity index (χ1n) is 6.73. The first-order chi connectivity index (χ1) is 10.3. The van der Waals surface area contributed by atoms with Crippen LogP contribution < -0.4 is 0 Å². The van der Waals surface area contributed by atoms with Crippen LogP contribution in [0, 0.1) is 11.6 Å². The number of benzene rings is 1. The number of ether oxygens (including phenoxy) is 1. The number of nitrogens with zero attached hydrogens (tertiary/aromatic N) is 1. The molecule has 0 amide bonds. The highest BCUT2D eigenvalue weighted by molar-refractivity contribution is 5.89. The van der Waals surface area contributed by atoms with Crippen LogP contribution in [0.2, 0.25) is 0 Å². The largest absolute Gasteiger partial charge is 0.421 e. The molecule has 0 radical (unpaired) electrons. The van der Waals surface area contributed by atoms with Gasteiger partial charge in [-0.25, -0.2) is 18.0 Å². The van der Waals surface area contributed by atoms with Crippen LogP contribution in [0.5, 0.6) is 0 Å². The smallest absolute Gasteiger partial charge is 0.341 e. The van der Waals surface area contributed by atoms with E-state index in [1.165, 1.54) is 6.08 Å². The molecule has 4 atom stereocenters. The van der Waals surface area contributed by atoms with Crippen molar-refractivity contribution in [1.29, 1.82) is 0 Å². The number of halogens is 4. The van der Waals surface area contributed by atoms with Crippen molar-refractivity contribution < 1.29 is 27.1 Å². The van der Waals surface area contributed by atoms with Crippen LogP contribution in [-0.4, -0.2) is 42.0 Å². The Labute approximate surface area is 124 Å². The Kier molecular flexibility index (Phi) is 3.47. The van der Waals surface area contributed by atoms with E-state index in [1.807, 2.05) is 0 Å². The standard InChI is InChI=1S/C15H13F4NO2/c1-20-9-3-5-12(20)13(18)15(19,7-9)22-14(21)8-2-4-10(16)11(17)6-8/h2-6,9,12-13H,7H2,1H3/t9?,12?,13?,15-/m1/s1. The summed E-state index contributed by atoms with van der Waals surface area (Å²) in [6.07, 6.45) is 0.779. The van der Waals surface area contributed by atoms with Crippen LogP contribution in [0.15, 0.2) is 30.4 Å². The minimum atomic E-state index is -2.80. The van der Waals surface area contributed by atoms with Gasteiger partial charge in [-0.15, -0.1) is 0 Å². The maximum atomic E-state index is 14.7. The Morgan fingerprint density at radius 2 is 2.05 bits per heavy atom. The van der Waals surface area contributed by atoms with E-state index in [9.17, 15) is 22.4 Å². The number of likely N-dealkylation sites (N-methyl/N-ethyl adjacent to an activating group) is 1. The Balaban J connectivity index is 1.80. The highest BCUT2D eigenvalue weighted by atomic mass is 19.2. The highest BCUT2D eigenvalue weighted by Crippen LogP contribution is 2.41. The Bertz CT molecular complexity index is 650. The Hall–Kier alpha value is -1.89. The molecular weight excluding hydrogens is 302 g/mol. The molecule has 0 aromatic heterocycles. The lowest BCUT2D eigenvalue weighted by Gasteiger charge is -2.42. The van der Waals surface area contributed by atoms with Crippen LogP contribution in [0.3, 0.4) is 0 Å². The fraction of sp³-hybridized carbons (Fsp3) is 0.400. The minimum absolute atomic E-state index is 0.354. The molecule has 1 aromatic carbocycles. The van der Waals surface area contributed by atoms with Crippen LogP contribution in [0.1, 0.15) is 16.8 Å². The maximum Gasteiger partial charge on any atom is 0.341 e. The zero-order valence-electron chi connectivity index (χ0n) is 11.6. The lowest BCUT2D eigenvalue weighted by molar-refractivity contribution is -0.190. The third-order valence-corrected chi connectivity index (χ3v) is 4.14. The van der Waals surface area contributed by atoms with Crippen molar-refractivity contribution in [3.05, 3.63) is 47.5 Å². The molecule has 0 N–H and O–H groups in total. The number of esters is 1. The number of fused-ring (bicyclic) bond motifs is 2. The molecule has 2 aliphatic rings. The molecule has 1 saturated heterocycles. The van der Waals surface area contributed by atoms with E-state index in [2.05, 4.69) is 4.74 Å². The second-order valence-corrected chi connectivity index (χ2v) is 5.52. The average molecular weight is 315 g/mol. The first kappa shape index (κ1) is 15.0. The number of hydrogen-bond acceptors (Lipinski definition) is 3. The monoisotopic (exact) mass is 315 g/mol. The highest BCUT2D eigenvalue weighted by Gasteiger charge is 2.56. The third-order valence-electron chi connectivity index (χ3n) is 4.14. The topological polar surface area (TPSA) is 29.5 Å². The van der Waals surface area contributed by atoms with E-state index < -0.39 is 35.7 Å². The molecule has 1 aromatic rings. The second kappa shape index (κ2) is 5.08. The molecule has 7 heteroatoms. The molecule has 2 aliphatic heterocycles. The van der Waals surface area contributed by atoms with Gasteiger partial charge in [0.15, 0.2) is 17.8 Å². The summed E-state index contributed by atoms with van der Waals surface area (Å²) < 4.78 is 59.7. The van der Waals surface area contributed by atoms with Gasteiger partial charge in [-0.3, -0.25) is 4.90 Å². The maximum absolute atomic E-state index is 14.7. The molecule has 0 saturated carbocycles. The van der Waals surface area contributed by atoms with Gasteiger partial charge in [0.05, 0.1) is 11.6 Å². The van der Waals surface area contributed by atoms with E-state index in [0.717, 1.165) is 12.1 Å². The van der Waals surface area contributed by atoms with Crippen LogP contribution in [0.4, 0.5) is 17.6 Å². The van der Waals surface area contributed by atoms with Gasteiger partial charge in [0.2, 0.25) is 0 Å². The summed E-state index contributed by atoms with van der Waals surface area (Å²) in [7, 11) is 1.65. The summed E-state index contributed by atoms with van der Waals surface area (Å²) in [4.78, 5) is 13.5. The molecule has 3 nitrogen and oxygen atoms in total. The van der Waals surface area contributed by atoms with E-state index in [1.54, 1.807) is 18.0 Å². The van der Waals surface area contributed by atoms with Gasteiger partial charge < -0.3 is 4.74 Å². The van der Waals surface area contributed by atoms with Crippen molar-refractivity contribution in [2.45, 2.75) is 30.5 Å². The molecule has 22 heavy (non-hydrogen) atoms. The van der Waals surface area contributed by atoms with Crippen molar-refractivity contribution in [2.75, 3.05) is 7.05 Å². The van der Waals surface area contributed by atoms with E-state index in [-0.39, 0.29) is 18.0 Å². The molecular formula is C15H13F4NO2. The number of carbonyl (C=O) groups excluding carboxylic acids is 1. The Morgan fingerprint density at radius 3 is 2.73 bits per heavy atom. The van der Waals surface area contributed by atoms with Gasteiger partial charge in [-0.2, -0.15) is 4.39 Å². The van der Waals surface area contributed by atoms with Crippen molar-refractivity contribution in [3.63, 3.8) is 0 Å². The Morgan fingerprint density at radius 1 is 1.32 bits per heavy atom. The summed E-state index contributed by atoms with van der Waals surface area (Å²) in [5.74, 6) is -6.43. The number of alkyl halides is 2. The van der Waals surface area contributed by atoms with Gasteiger partial charge >= 0.3 is 5.97 Å². The quantitative estimate of drug-likeness (QED) is 0.477.